The topological polar surface area (TPSA) is 95.5 Å². The molecule has 6 heteroatoms. The van der Waals surface area contributed by atoms with Gasteiger partial charge < -0.3 is 15.7 Å². The van der Waals surface area contributed by atoms with Crippen molar-refractivity contribution >= 4 is 17.8 Å². The predicted molar refractivity (Wildman–Crippen MR) is 73.2 cm³/mol. The third-order valence-corrected chi connectivity index (χ3v) is 2.61. The van der Waals surface area contributed by atoms with Crippen LogP contribution < -0.4 is 10.6 Å². The molecule has 0 aromatic heterocycles. The Labute approximate surface area is 117 Å². The second-order valence-corrected chi connectivity index (χ2v) is 4.36. The van der Waals surface area contributed by atoms with Crippen LogP contribution in [-0.4, -0.2) is 29.4 Å². The Bertz CT molecular complexity index is 482. The third-order valence-electron chi connectivity index (χ3n) is 2.61. The number of nitrogens with one attached hydrogen (secondary N) is 2. The summed E-state index contributed by atoms with van der Waals surface area (Å²) in [6, 6.07) is 6.87. The number of amides is 2. The van der Waals surface area contributed by atoms with Crippen LogP contribution in [0.5, 0.6) is 0 Å². The lowest BCUT2D eigenvalue weighted by molar-refractivity contribution is -0.137. The highest BCUT2D eigenvalue weighted by molar-refractivity contribution is 5.94. The van der Waals surface area contributed by atoms with Gasteiger partial charge in [0.15, 0.2) is 0 Å². The molecular weight excluding hydrogens is 260 g/mol. The van der Waals surface area contributed by atoms with Gasteiger partial charge in [-0.25, -0.2) is 0 Å². The van der Waals surface area contributed by atoms with Crippen LogP contribution >= 0.6 is 0 Å². The van der Waals surface area contributed by atoms with Crippen LogP contribution in [0.1, 0.15) is 35.7 Å². The zero-order valence-electron chi connectivity index (χ0n) is 11.3. The second kappa shape index (κ2) is 7.93. The molecule has 0 saturated heterocycles. The smallest absolute Gasteiger partial charge is 0.303 e. The van der Waals surface area contributed by atoms with E-state index in [0.29, 0.717) is 25.1 Å². The summed E-state index contributed by atoms with van der Waals surface area (Å²) in [5.74, 6) is -1.21. The van der Waals surface area contributed by atoms with Crippen LogP contribution in [0.4, 0.5) is 0 Å². The van der Waals surface area contributed by atoms with Gasteiger partial charge >= 0.3 is 5.97 Å². The van der Waals surface area contributed by atoms with Crippen molar-refractivity contribution in [3.63, 3.8) is 0 Å². The highest BCUT2D eigenvalue weighted by atomic mass is 16.4. The van der Waals surface area contributed by atoms with Crippen LogP contribution in [0, 0.1) is 0 Å². The maximum absolute atomic E-state index is 11.7. The Hall–Kier alpha value is -2.37. The summed E-state index contributed by atoms with van der Waals surface area (Å²) >= 11 is 0. The van der Waals surface area contributed by atoms with Crippen molar-refractivity contribution in [1.82, 2.24) is 10.6 Å². The maximum Gasteiger partial charge on any atom is 0.303 e. The number of benzene rings is 1. The molecule has 0 unspecified atom stereocenters. The first-order valence-corrected chi connectivity index (χ1v) is 6.32. The predicted octanol–water partition coefficient (Wildman–Crippen LogP) is 0.917. The molecule has 0 atom stereocenters. The van der Waals surface area contributed by atoms with E-state index in [0.717, 1.165) is 5.56 Å². The summed E-state index contributed by atoms with van der Waals surface area (Å²) in [5.41, 5.74) is 1.41. The summed E-state index contributed by atoms with van der Waals surface area (Å²) < 4.78 is 0. The lowest BCUT2D eigenvalue weighted by Crippen LogP contribution is -2.25. The Morgan fingerprint density at radius 1 is 1.10 bits per heavy atom. The van der Waals surface area contributed by atoms with Gasteiger partial charge in [0.05, 0.1) is 0 Å². The molecule has 6 nitrogen and oxygen atoms in total. The van der Waals surface area contributed by atoms with Gasteiger partial charge in [-0.05, 0) is 24.1 Å². The lowest BCUT2D eigenvalue weighted by atomic mass is 10.1. The van der Waals surface area contributed by atoms with Crippen molar-refractivity contribution in [1.29, 1.82) is 0 Å². The van der Waals surface area contributed by atoms with Gasteiger partial charge in [0.1, 0.15) is 0 Å². The van der Waals surface area contributed by atoms with Crippen molar-refractivity contribution in [2.75, 3.05) is 6.54 Å². The van der Waals surface area contributed by atoms with Gasteiger partial charge in [-0.2, -0.15) is 0 Å². The number of carbonyl (C=O) groups excluding carboxylic acids is 2. The molecule has 0 fully saturated rings. The SMILES string of the molecule is CC(=O)NCc1ccc(C(=O)NCCCC(=O)O)cc1. The van der Waals surface area contributed by atoms with E-state index in [4.69, 9.17) is 5.11 Å². The average Bonchev–Trinajstić information content (AvgIpc) is 2.41. The second-order valence-electron chi connectivity index (χ2n) is 4.36. The normalized spacial score (nSPS) is 9.85. The van der Waals surface area contributed by atoms with Crippen LogP contribution in [0.15, 0.2) is 24.3 Å². The van der Waals surface area contributed by atoms with E-state index in [1.807, 2.05) is 0 Å². The van der Waals surface area contributed by atoms with Crippen LogP contribution in [0.2, 0.25) is 0 Å². The van der Waals surface area contributed by atoms with Gasteiger partial charge in [-0.1, -0.05) is 12.1 Å². The van der Waals surface area contributed by atoms with Crippen molar-refractivity contribution < 1.29 is 19.5 Å². The molecular formula is C14H18N2O4. The van der Waals surface area contributed by atoms with Crippen LogP contribution in [0.3, 0.4) is 0 Å². The Balaban J connectivity index is 2.41. The first kappa shape index (κ1) is 15.7. The largest absolute Gasteiger partial charge is 0.481 e. The number of carboxylic acids is 1. The van der Waals surface area contributed by atoms with Gasteiger partial charge in [0.25, 0.3) is 5.91 Å². The monoisotopic (exact) mass is 278 g/mol. The fourth-order valence-electron chi connectivity index (χ4n) is 1.54. The van der Waals surface area contributed by atoms with Crippen molar-refractivity contribution in [2.45, 2.75) is 26.3 Å². The van der Waals surface area contributed by atoms with E-state index in [9.17, 15) is 14.4 Å². The van der Waals surface area contributed by atoms with Gasteiger partial charge in [-0.3, -0.25) is 14.4 Å². The molecule has 3 N–H and O–H groups in total. The van der Waals surface area contributed by atoms with E-state index < -0.39 is 5.97 Å². The van der Waals surface area contributed by atoms with E-state index in [-0.39, 0.29) is 18.2 Å². The molecule has 0 saturated carbocycles. The standard InChI is InChI=1S/C14H18N2O4/c1-10(17)16-9-11-4-6-12(7-5-11)14(20)15-8-2-3-13(18)19/h4-7H,2-3,8-9H2,1H3,(H,15,20)(H,16,17)(H,18,19). The van der Waals surface area contributed by atoms with Crippen LogP contribution in [0.25, 0.3) is 0 Å². The summed E-state index contributed by atoms with van der Waals surface area (Å²) in [6.45, 7) is 2.20. The molecule has 1 aromatic carbocycles. The average molecular weight is 278 g/mol. The fraction of sp³-hybridized carbons (Fsp3) is 0.357. The van der Waals surface area contributed by atoms with Crippen molar-refractivity contribution in [3.05, 3.63) is 35.4 Å². The molecule has 0 aliphatic carbocycles. The zero-order valence-corrected chi connectivity index (χ0v) is 11.3. The number of hydrogen-bond donors (Lipinski definition) is 3. The van der Waals surface area contributed by atoms with Crippen molar-refractivity contribution in [2.24, 2.45) is 0 Å². The third kappa shape index (κ3) is 5.99. The zero-order chi connectivity index (χ0) is 15.0. The van der Waals surface area contributed by atoms with E-state index in [1.54, 1.807) is 24.3 Å². The number of carbonyl (C=O) groups is 3. The molecule has 2 amide bonds. The maximum atomic E-state index is 11.7. The molecule has 108 valence electrons. The van der Waals surface area contributed by atoms with Gasteiger partial charge in [0.2, 0.25) is 5.91 Å². The summed E-state index contributed by atoms with van der Waals surface area (Å²) in [4.78, 5) is 32.8. The molecule has 0 spiro atoms. The molecule has 0 aliphatic heterocycles. The van der Waals surface area contributed by atoms with Crippen molar-refractivity contribution in [3.8, 4) is 0 Å². The molecule has 1 aromatic rings. The summed E-state index contributed by atoms with van der Waals surface area (Å²) in [5, 5.41) is 13.8. The van der Waals surface area contributed by atoms with Gasteiger partial charge in [0, 0.05) is 32.0 Å². The molecule has 0 aliphatic rings. The Morgan fingerprint density at radius 3 is 2.30 bits per heavy atom. The molecule has 0 radical (unpaired) electrons. The fourth-order valence-corrected chi connectivity index (χ4v) is 1.54. The van der Waals surface area contributed by atoms with E-state index in [2.05, 4.69) is 10.6 Å². The quantitative estimate of drug-likeness (QED) is 0.646. The Kier molecular flexibility index (Phi) is 6.22. The first-order chi connectivity index (χ1) is 9.49. The Morgan fingerprint density at radius 2 is 1.75 bits per heavy atom. The number of aliphatic carboxylic acids is 1. The first-order valence-electron chi connectivity index (χ1n) is 6.32. The summed E-state index contributed by atoms with van der Waals surface area (Å²) in [6.07, 6.45) is 0.442. The minimum absolute atomic E-state index is 0.0376. The molecule has 0 bridgehead atoms. The van der Waals surface area contributed by atoms with E-state index in [1.165, 1.54) is 6.92 Å². The number of rotatable bonds is 7. The minimum atomic E-state index is -0.874. The lowest BCUT2D eigenvalue weighted by Gasteiger charge is -2.06. The molecule has 0 heterocycles. The van der Waals surface area contributed by atoms with Gasteiger partial charge in [-0.15, -0.1) is 0 Å². The number of carboxylic acid groups (broad SMARTS) is 1. The van der Waals surface area contributed by atoms with Crippen LogP contribution in [-0.2, 0) is 16.1 Å². The number of hydrogen-bond acceptors (Lipinski definition) is 3. The molecule has 20 heavy (non-hydrogen) atoms. The molecule has 1 rings (SSSR count). The summed E-state index contributed by atoms with van der Waals surface area (Å²) in [7, 11) is 0. The highest BCUT2D eigenvalue weighted by Crippen LogP contribution is 2.04. The minimum Gasteiger partial charge on any atom is -0.481 e. The van der Waals surface area contributed by atoms with E-state index >= 15 is 0 Å². The highest BCUT2D eigenvalue weighted by Gasteiger charge is 2.05.